The van der Waals surface area contributed by atoms with Crippen molar-refractivity contribution in [1.29, 1.82) is 0 Å². The molecule has 10 heteroatoms. The van der Waals surface area contributed by atoms with E-state index in [-0.39, 0.29) is 18.0 Å². The molecule has 1 aliphatic rings. The van der Waals surface area contributed by atoms with Gasteiger partial charge in [0, 0.05) is 38.3 Å². The second-order valence-electron chi connectivity index (χ2n) is 4.85. The van der Waals surface area contributed by atoms with Crippen molar-refractivity contribution in [2.24, 2.45) is 0 Å². The van der Waals surface area contributed by atoms with Crippen LogP contribution in [0.1, 0.15) is 10.4 Å². The second kappa shape index (κ2) is 7.14. The van der Waals surface area contributed by atoms with E-state index < -0.39 is 27.1 Å². The first-order valence-corrected chi connectivity index (χ1v) is 6.30. The first-order valence-electron chi connectivity index (χ1n) is 6.30. The van der Waals surface area contributed by atoms with Crippen molar-refractivity contribution in [1.82, 2.24) is 9.80 Å². The molecule has 1 aromatic rings. The van der Waals surface area contributed by atoms with Gasteiger partial charge in [-0.2, -0.15) is 0 Å². The lowest BCUT2D eigenvalue weighted by molar-refractivity contribution is -0.394. The van der Waals surface area contributed by atoms with Gasteiger partial charge >= 0.3 is 0 Å². The van der Waals surface area contributed by atoms with E-state index in [0.29, 0.717) is 26.2 Å². The molecule has 0 aliphatic carbocycles. The first kappa shape index (κ1) is 17.8. The lowest BCUT2D eigenvalue weighted by atomic mass is 10.1. The van der Waals surface area contributed by atoms with E-state index in [0.717, 1.165) is 18.2 Å². The molecule has 0 aromatic heterocycles. The van der Waals surface area contributed by atoms with Gasteiger partial charge in [-0.1, -0.05) is 0 Å². The van der Waals surface area contributed by atoms with Gasteiger partial charge in [0.1, 0.15) is 0 Å². The summed E-state index contributed by atoms with van der Waals surface area (Å²) >= 11 is 0. The van der Waals surface area contributed by atoms with Crippen molar-refractivity contribution in [3.05, 3.63) is 44.0 Å². The van der Waals surface area contributed by atoms with Gasteiger partial charge in [0.05, 0.1) is 21.5 Å². The third-order valence-corrected chi connectivity index (χ3v) is 3.36. The number of piperazine rings is 1. The van der Waals surface area contributed by atoms with E-state index in [2.05, 4.69) is 4.90 Å². The molecule has 1 aliphatic heterocycles. The summed E-state index contributed by atoms with van der Waals surface area (Å²) in [6, 6.07) is 3.00. The number of nitro groups is 2. The molecule has 1 aromatic carbocycles. The van der Waals surface area contributed by atoms with Crippen LogP contribution >= 0.6 is 12.4 Å². The van der Waals surface area contributed by atoms with E-state index in [9.17, 15) is 25.0 Å². The van der Waals surface area contributed by atoms with Gasteiger partial charge in [-0.25, -0.2) is 0 Å². The maximum atomic E-state index is 12.3. The lowest BCUT2D eigenvalue weighted by Gasteiger charge is -2.32. The van der Waals surface area contributed by atoms with Crippen LogP contribution in [0, 0.1) is 20.2 Å². The Bertz CT molecular complexity index is 569. The van der Waals surface area contributed by atoms with Crippen LogP contribution in [0.3, 0.4) is 0 Å². The Morgan fingerprint density at radius 3 is 1.86 bits per heavy atom. The number of rotatable bonds is 3. The molecule has 0 unspecified atom stereocenters. The molecule has 9 nitrogen and oxygen atoms in total. The number of likely N-dealkylation sites (N-methyl/N-ethyl adjacent to an activating group) is 1. The highest BCUT2D eigenvalue weighted by atomic mass is 35.5. The van der Waals surface area contributed by atoms with Gasteiger partial charge in [0.2, 0.25) is 0 Å². The number of hydrogen-bond donors (Lipinski definition) is 0. The van der Waals surface area contributed by atoms with Gasteiger partial charge in [0.25, 0.3) is 17.3 Å². The van der Waals surface area contributed by atoms with Gasteiger partial charge in [0.15, 0.2) is 0 Å². The molecule has 0 bridgehead atoms. The van der Waals surface area contributed by atoms with Crippen LogP contribution in [0.4, 0.5) is 11.4 Å². The predicted molar refractivity (Wildman–Crippen MR) is 80.4 cm³/mol. The largest absolute Gasteiger partial charge is 0.336 e. The van der Waals surface area contributed by atoms with Crippen LogP contribution in [0.2, 0.25) is 0 Å². The number of nitro benzene ring substituents is 2. The second-order valence-corrected chi connectivity index (χ2v) is 4.85. The van der Waals surface area contributed by atoms with Crippen LogP contribution < -0.4 is 0 Å². The Morgan fingerprint density at radius 1 is 1.00 bits per heavy atom. The molecule has 2 rings (SSSR count). The van der Waals surface area contributed by atoms with Crippen molar-refractivity contribution < 1.29 is 14.6 Å². The van der Waals surface area contributed by atoms with Crippen molar-refractivity contribution in [3.8, 4) is 0 Å². The number of halogens is 1. The van der Waals surface area contributed by atoms with Crippen LogP contribution in [-0.2, 0) is 0 Å². The molecule has 1 amide bonds. The first-order chi connectivity index (χ1) is 9.88. The van der Waals surface area contributed by atoms with Crippen LogP contribution in [0.5, 0.6) is 0 Å². The topological polar surface area (TPSA) is 110 Å². The summed E-state index contributed by atoms with van der Waals surface area (Å²) in [6.07, 6.45) is 0. The zero-order valence-electron chi connectivity index (χ0n) is 11.8. The zero-order chi connectivity index (χ0) is 15.6. The number of non-ortho nitro benzene ring substituents is 2. The smallest absolute Gasteiger partial charge is 0.277 e. The van der Waals surface area contributed by atoms with Crippen molar-refractivity contribution in [2.75, 3.05) is 33.2 Å². The highest BCUT2D eigenvalue weighted by molar-refractivity contribution is 5.95. The molecule has 120 valence electrons. The summed E-state index contributed by atoms with van der Waals surface area (Å²) in [5, 5.41) is 21.6. The molecule has 1 heterocycles. The minimum atomic E-state index is -0.742. The summed E-state index contributed by atoms with van der Waals surface area (Å²) in [7, 11) is 1.93. The average Bonchev–Trinajstić information content (AvgIpc) is 2.46. The summed E-state index contributed by atoms with van der Waals surface area (Å²) in [5.41, 5.74) is -0.941. The minimum absolute atomic E-state index is 0. The molecule has 22 heavy (non-hydrogen) atoms. The Hall–Kier alpha value is -2.26. The Morgan fingerprint density at radius 2 is 1.45 bits per heavy atom. The zero-order valence-corrected chi connectivity index (χ0v) is 12.6. The number of nitrogens with zero attached hydrogens (tertiary/aromatic N) is 4. The van der Waals surface area contributed by atoms with Crippen molar-refractivity contribution in [3.63, 3.8) is 0 Å². The standard InChI is InChI=1S/C12H14N4O5.ClH/c1-13-2-4-14(5-3-13)12(17)9-6-10(15(18)19)8-11(7-9)16(20)21;/h6-8H,2-5H2,1H3;1H. The molecule has 0 atom stereocenters. The number of hydrogen-bond acceptors (Lipinski definition) is 6. The van der Waals surface area contributed by atoms with Gasteiger partial charge in [-0.3, -0.25) is 25.0 Å². The third kappa shape index (κ3) is 3.89. The van der Waals surface area contributed by atoms with Gasteiger partial charge < -0.3 is 9.80 Å². The predicted octanol–water partition coefficient (Wildman–Crippen LogP) is 1.31. The average molecular weight is 331 g/mol. The fourth-order valence-corrected chi connectivity index (χ4v) is 2.12. The minimum Gasteiger partial charge on any atom is -0.336 e. The Labute approximate surface area is 132 Å². The maximum Gasteiger partial charge on any atom is 0.277 e. The molecule has 1 fully saturated rings. The number of benzene rings is 1. The molecule has 0 spiro atoms. The monoisotopic (exact) mass is 330 g/mol. The van der Waals surface area contributed by atoms with E-state index in [4.69, 9.17) is 0 Å². The fraction of sp³-hybridized carbons (Fsp3) is 0.417. The Balaban J connectivity index is 0.00000242. The normalized spacial score (nSPS) is 15.0. The third-order valence-electron chi connectivity index (χ3n) is 3.36. The molecule has 0 radical (unpaired) electrons. The molecule has 0 saturated carbocycles. The quantitative estimate of drug-likeness (QED) is 0.610. The van der Waals surface area contributed by atoms with Gasteiger partial charge in [-0.05, 0) is 7.05 Å². The summed E-state index contributed by atoms with van der Waals surface area (Å²) in [6.45, 7) is 2.38. The molecule has 0 N–H and O–H groups in total. The number of amides is 1. The Kier molecular flexibility index (Phi) is 5.77. The SMILES string of the molecule is CN1CCN(C(=O)c2cc([N+](=O)[O-])cc([N+](=O)[O-])c2)CC1.Cl. The van der Waals surface area contributed by atoms with E-state index >= 15 is 0 Å². The van der Waals surface area contributed by atoms with E-state index in [1.165, 1.54) is 0 Å². The van der Waals surface area contributed by atoms with Crippen LogP contribution in [0.15, 0.2) is 18.2 Å². The maximum absolute atomic E-state index is 12.3. The summed E-state index contributed by atoms with van der Waals surface area (Å²) in [4.78, 5) is 36.1. The molecule has 1 saturated heterocycles. The fourth-order valence-electron chi connectivity index (χ4n) is 2.12. The molecular weight excluding hydrogens is 316 g/mol. The van der Waals surface area contributed by atoms with Crippen molar-refractivity contribution in [2.45, 2.75) is 0 Å². The summed E-state index contributed by atoms with van der Waals surface area (Å²) < 4.78 is 0. The summed E-state index contributed by atoms with van der Waals surface area (Å²) in [5.74, 6) is -0.421. The molecular formula is C12H15ClN4O5. The highest BCUT2D eigenvalue weighted by Gasteiger charge is 2.25. The number of carbonyl (C=O) groups is 1. The van der Waals surface area contributed by atoms with E-state index in [1.807, 2.05) is 7.05 Å². The van der Waals surface area contributed by atoms with Crippen LogP contribution in [0.25, 0.3) is 0 Å². The highest BCUT2D eigenvalue weighted by Crippen LogP contribution is 2.23. The van der Waals surface area contributed by atoms with E-state index in [1.54, 1.807) is 4.90 Å². The number of carbonyl (C=O) groups excluding carboxylic acids is 1. The lowest BCUT2D eigenvalue weighted by Crippen LogP contribution is -2.47. The van der Waals surface area contributed by atoms with Crippen molar-refractivity contribution >= 4 is 29.7 Å². The van der Waals surface area contributed by atoms with Gasteiger partial charge in [-0.15, -0.1) is 12.4 Å². The van der Waals surface area contributed by atoms with Crippen LogP contribution in [-0.4, -0.2) is 58.8 Å².